The maximum absolute atomic E-state index is 2.49. The first kappa shape index (κ1) is 53.9. The average molecular weight is 1220 g/mol. The van der Waals surface area contributed by atoms with Gasteiger partial charge in [-0.1, -0.05) is 269 Å². The van der Waals surface area contributed by atoms with Gasteiger partial charge in [0.05, 0.1) is 11.0 Å². The van der Waals surface area contributed by atoms with Gasteiger partial charge in [0, 0.05) is 47.6 Å². The summed E-state index contributed by atoms with van der Waals surface area (Å²) >= 11 is 1.93. The summed E-state index contributed by atoms with van der Waals surface area (Å²) in [5, 5.41) is 20.3. The maximum Gasteiger partial charge on any atom is 0.0544 e. The zero-order chi connectivity index (χ0) is 62.6. The lowest BCUT2D eigenvalue weighted by atomic mass is 9.82. The highest BCUT2D eigenvalue weighted by molar-refractivity contribution is 7.27. The van der Waals surface area contributed by atoms with Gasteiger partial charge in [-0.25, -0.2) is 0 Å². The highest BCUT2D eigenvalue weighted by atomic mass is 32.1. The molecule has 0 saturated carbocycles. The number of hydrogen-bond acceptors (Lipinski definition) is 1. The fourth-order valence-electron chi connectivity index (χ4n) is 16.6. The molecule has 0 saturated heterocycles. The Morgan fingerprint density at radius 3 is 1.38 bits per heavy atom. The molecule has 1 aliphatic rings. The third-order valence-electron chi connectivity index (χ3n) is 21.1. The van der Waals surface area contributed by atoms with Crippen molar-refractivity contribution in [3.63, 3.8) is 0 Å². The molecule has 0 unspecified atom stereocenters. The highest BCUT2D eigenvalue weighted by Crippen LogP contribution is 2.53. The van der Waals surface area contributed by atoms with E-state index in [1.807, 2.05) is 11.3 Å². The van der Waals surface area contributed by atoms with Crippen molar-refractivity contribution in [3.05, 3.63) is 333 Å². The largest absolute Gasteiger partial charge is 0.309 e. The van der Waals surface area contributed by atoms with Crippen LogP contribution in [0.4, 0.5) is 0 Å². The van der Waals surface area contributed by atoms with E-state index in [1.165, 1.54) is 201 Å². The quantitative estimate of drug-likeness (QED) is 0.140. The van der Waals surface area contributed by atoms with E-state index in [0.717, 1.165) is 0 Å². The van der Waals surface area contributed by atoms with E-state index in [2.05, 4.69) is 340 Å². The van der Waals surface area contributed by atoms with Crippen molar-refractivity contribution < 1.29 is 0 Å². The molecule has 20 rings (SSSR count). The van der Waals surface area contributed by atoms with Gasteiger partial charge in [0.1, 0.15) is 0 Å². The van der Waals surface area contributed by atoms with Crippen molar-refractivity contribution in [2.75, 3.05) is 0 Å². The highest BCUT2D eigenvalue weighted by Gasteiger charge is 2.36. The molecular formula is C93H59NS. The molecule has 19 aromatic rings. The van der Waals surface area contributed by atoms with E-state index in [9.17, 15) is 0 Å². The summed E-state index contributed by atoms with van der Waals surface area (Å²) in [5.74, 6) is 0. The molecule has 1 nitrogen and oxygen atoms in total. The SMILES string of the molecule is CC1(C)c2ccccc2-c2cc3c4cc(-c5cccc(-c6ccc7c(c6)c6ccccc6c6c(-c8cc(-c9ccc(-c%10ccccc%10)cc9)c9sc%10c(-c%11ccc%12c%13ccccc%13c%13ccccc%13c%12c%11)cccc%10c9c8)cccc76)c5)ccc4n(-c4ccccc4)c3cc21. The Labute approximate surface area is 554 Å². The smallest absolute Gasteiger partial charge is 0.0544 e. The zero-order valence-electron chi connectivity index (χ0n) is 52.5. The van der Waals surface area contributed by atoms with E-state index >= 15 is 0 Å². The average Bonchev–Trinajstić information content (AvgIpc) is 1.65. The van der Waals surface area contributed by atoms with E-state index in [4.69, 9.17) is 0 Å². The summed E-state index contributed by atoms with van der Waals surface area (Å²) in [5.41, 5.74) is 23.5. The number of rotatable bonds is 7. The van der Waals surface area contributed by atoms with Crippen LogP contribution in [0, 0.1) is 0 Å². The molecule has 0 atom stereocenters. The summed E-state index contributed by atoms with van der Waals surface area (Å²) in [6, 6.07) is 121. The summed E-state index contributed by atoms with van der Waals surface area (Å²) < 4.78 is 5.06. The van der Waals surface area contributed by atoms with Crippen molar-refractivity contribution >= 4 is 118 Å². The topological polar surface area (TPSA) is 4.93 Å². The van der Waals surface area contributed by atoms with Crippen LogP contribution in [0.25, 0.3) is 190 Å². The minimum absolute atomic E-state index is 0.104. The van der Waals surface area contributed by atoms with Gasteiger partial charge in [-0.05, 0) is 215 Å². The van der Waals surface area contributed by atoms with Gasteiger partial charge in [-0.15, -0.1) is 11.3 Å². The maximum atomic E-state index is 2.49. The Balaban J connectivity index is 0.732. The lowest BCUT2D eigenvalue weighted by Crippen LogP contribution is -2.14. The van der Waals surface area contributed by atoms with E-state index in [1.54, 1.807) is 0 Å². The van der Waals surface area contributed by atoms with Crippen molar-refractivity contribution in [2.24, 2.45) is 0 Å². The normalized spacial score (nSPS) is 12.8. The predicted octanol–water partition coefficient (Wildman–Crippen LogP) is 26.4. The first-order chi connectivity index (χ1) is 46.9. The van der Waals surface area contributed by atoms with Gasteiger partial charge in [0.25, 0.3) is 0 Å². The summed E-state index contributed by atoms with van der Waals surface area (Å²) in [7, 11) is 0. The molecule has 2 heterocycles. The van der Waals surface area contributed by atoms with Gasteiger partial charge in [-0.3, -0.25) is 0 Å². The van der Waals surface area contributed by atoms with Crippen molar-refractivity contribution in [2.45, 2.75) is 19.3 Å². The van der Waals surface area contributed by atoms with Crippen LogP contribution in [0.1, 0.15) is 25.0 Å². The Hall–Kier alpha value is -11.7. The van der Waals surface area contributed by atoms with Gasteiger partial charge < -0.3 is 4.57 Å². The van der Waals surface area contributed by atoms with Gasteiger partial charge in [0.15, 0.2) is 0 Å². The first-order valence-electron chi connectivity index (χ1n) is 33.1. The second-order valence-electron chi connectivity index (χ2n) is 26.6. The minimum atomic E-state index is -0.104. The van der Waals surface area contributed by atoms with Crippen LogP contribution >= 0.6 is 11.3 Å². The molecule has 0 aliphatic heterocycles. The molecule has 442 valence electrons. The number of benzene rings is 17. The monoisotopic (exact) mass is 1220 g/mol. The standard InChI is InChI=1S/C93H59NS/c1-93(2)86-37-16-15-31-75(86)82-54-84-83-50-62(44-47-88(83)94(89(84)55-87(82)93)65-24-7-4-8-25-65)60-23-17-22-59(48-60)61-42-45-74-77-35-18-33-66(90(77)76-32-14-13-30-72(76)80(74)49-61)64-52-79(58-40-38-57(39-41-58)56-20-5-3-6-21-56)92-85(53-64)78-36-19-34-67(91(78)95-92)63-43-46-73-70-28-10-9-26-68(70)69-27-11-12-29-71(69)81(73)51-63/h3-55H,1-2H3. The lowest BCUT2D eigenvalue weighted by Gasteiger charge is -2.21. The molecule has 2 heteroatoms. The summed E-state index contributed by atoms with van der Waals surface area (Å²) in [4.78, 5) is 0. The fourth-order valence-corrected chi connectivity index (χ4v) is 18.0. The molecule has 1 aliphatic carbocycles. The van der Waals surface area contributed by atoms with Crippen molar-refractivity contribution in [1.29, 1.82) is 0 Å². The van der Waals surface area contributed by atoms with Crippen LogP contribution in [0.5, 0.6) is 0 Å². The lowest BCUT2D eigenvalue weighted by molar-refractivity contribution is 0.661. The van der Waals surface area contributed by atoms with Crippen LogP contribution in [-0.2, 0) is 5.41 Å². The number of aromatic nitrogens is 1. The van der Waals surface area contributed by atoms with Crippen molar-refractivity contribution in [1.82, 2.24) is 4.57 Å². The molecule has 0 radical (unpaired) electrons. The van der Waals surface area contributed by atoms with Crippen LogP contribution < -0.4 is 0 Å². The van der Waals surface area contributed by atoms with E-state index in [-0.39, 0.29) is 5.41 Å². The second-order valence-corrected chi connectivity index (χ2v) is 27.6. The molecule has 0 bridgehead atoms. The minimum Gasteiger partial charge on any atom is -0.309 e. The van der Waals surface area contributed by atoms with E-state index < -0.39 is 0 Å². The Morgan fingerprint density at radius 2 is 0.663 bits per heavy atom. The second kappa shape index (κ2) is 20.7. The van der Waals surface area contributed by atoms with Crippen LogP contribution in [0.3, 0.4) is 0 Å². The van der Waals surface area contributed by atoms with Crippen LogP contribution in [0.15, 0.2) is 322 Å². The molecule has 2 aromatic heterocycles. The molecular weight excluding hydrogens is 1160 g/mol. The summed E-state index contributed by atoms with van der Waals surface area (Å²) in [6.45, 7) is 4.75. The van der Waals surface area contributed by atoms with Gasteiger partial charge in [0.2, 0.25) is 0 Å². The third-order valence-corrected chi connectivity index (χ3v) is 22.4. The molecule has 0 amide bonds. The third kappa shape index (κ3) is 8.15. The van der Waals surface area contributed by atoms with Crippen molar-refractivity contribution in [3.8, 4) is 83.6 Å². The number of nitrogens with zero attached hydrogens (tertiary/aromatic N) is 1. The number of thiophene rings is 1. The number of hydrogen-bond donors (Lipinski definition) is 0. The Morgan fingerprint density at radius 1 is 0.221 bits per heavy atom. The molecule has 0 N–H and O–H groups in total. The van der Waals surface area contributed by atoms with Gasteiger partial charge >= 0.3 is 0 Å². The zero-order valence-corrected chi connectivity index (χ0v) is 53.3. The fraction of sp³-hybridized carbons (Fsp3) is 0.0323. The molecule has 95 heavy (non-hydrogen) atoms. The molecule has 17 aromatic carbocycles. The Kier molecular flexibility index (Phi) is 11.7. The van der Waals surface area contributed by atoms with Gasteiger partial charge in [-0.2, -0.15) is 0 Å². The van der Waals surface area contributed by atoms with Crippen LogP contribution in [-0.4, -0.2) is 4.57 Å². The predicted molar refractivity (Wildman–Crippen MR) is 409 cm³/mol. The Bertz CT molecular complexity index is 6400. The van der Waals surface area contributed by atoms with Crippen LogP contribution in [0.2, 0.25) is 0 Å². The number of para-hydroxylation sites is 1. The molecule has 0 fully saturated rings. The number of fused-ring (bicyclic) bond motifs is 21. The molecule has 0 spiro atoms. The van der Waals surface area contributed by atoms with E-state index in [0.29, 0.717) is 0 Å². The first-order valence-corrected chi connectivity index (χ1v) is 33.9. The summed E-state index contributed by atoms with van der Waals surface area (Å²) in [6.07, 6.45) is 0.